The Morgan fingerprint density at radius 3 is 1.55 bits per heavy atom. The second kappa shape index (κ2) is 11.4. The Morgan fingerprint density at radius 1 is 0.345 bits per heavy atom. The summed E-state index contributed by atoms with van der Waals surface area (Å²) in [5, 5.41) is 5.20. The van der Waals surface area contributed by atoms with E-state index in [-0.39, 0.29) is 0 Å². The lowest BCUT2D eigenvalue weighted by Gasteiger charge is -2.38. The van der Waals surface area contributed by atoms with Gasteiger partial charge in [0.05, 0.1) is 27.8 Å². The molecule has 1 spiro atoms. The Hall–Kier alpha value is -7.16. The summed E-state index contributed by atoms with van der Waals surface area (Å²) in [6.07, 6.45) is 0. The highest BCUT2D eigenvalue weighted by Gasteiger charge is 2.50. The highest BCUT2D eigenvalue weighted by molar-refractivity contribution is 6.28. The van der Waals surface area contributed by atoms with Crippen molar-refractivity contribution < 1.29 is 0 Å². The van der Waals surface area contributed by atoms with Gasteiger partial charge in [0, 0.05) is 33.1 Å². The van der Waals surface area contributed by atoms with Gasteiger partial charge in [-0.1, -0.05) is 158 Å². The molecule has 1 heterocycles. The molecule has 55 heavy (non-hydrogen) atoms. The van der Waals surface area contributed by atoms with E-state index in [0.717, 1.165) is 17.1 Å². The summed E-state index contributed by atoms with van der Waals surface area (Å²) in [6.45, 7) is 0. The zero-order valence-electron chi connectivity index (χ0n) is 30.0. The molecule has 256 valence electrons. The smallest absolute Gasteiger partial charge is 0.0726 e. The molecule has 0 saturated heterocycles. The molecule has 0 saturated carbocycles. The van der Waals surface area contributed by atoms with E-state index in [1.165, 1.54) is 82.8 Å². The van der Waals surface area contributed by atoms with Crippen molar-refractivity contribution in [3.63, 3.8) is 0 Å². The summed E-state index contributed by atoms with van der Waals surface area (Å²) in [6, 6.07) is 76.1. The van der Waals surface area contributed by atoms with E-state index in [2.05, 4.69) is 216 Å². The Bertz CT molecular complexity index is 3050. The molecule has 0 radical (unpaired) electrons. The lowest BCUT2D eigenvalue weighted by atomic mass is 9.63. The molecule has 2 heteroatoms. The van der Waals surface area contributed by atoms with Crippen LogP contribution in [0.15, 0.2) is 206 Å². The van der Waals surface area contributed by atoms with Crippen molar-refractivity contribution >= 4 is 49.6 Å². The predicted octanol–water partition coefficient (Wildman–Crippen LogP) is 13.8. The maximum atomic E-state index is 2.53. The molecule has 0 atom stereocenters. The summed E-state index contributed by atoms with van der Waals surface area (Å²) in [5.74, 6) is 0. The van der Waals surface area contributed by atoms with E-state index in [0.29, 0.717) is 0 Å². The average Bonchev–Trinajstić information content (AvgIpc) is 3.76. The minimum Gasteiger partial charge on any atom is -0.310 e. The molecule has 0 fully saturated rings. The third-order valence-corrected chi connectivity index (χ3v) is 12.2. The molecular formula is C53H34N2. The monoisotopic (exact) mass is 698 g/mol. The minimum atomic E-state index is -0.500. The van der Waals surface area contributed by atoms with E-state index in [1.807, 2.05) is 0 Å². The second-order valence-electron chi connectivity index (χ2n) is 14.8. The summed E-state index contributed by atoms with van der Waals surface area (Å²) in [4.78, 5) is 2.42. The number of nitrogens with zero attached hydrogens (tertiary/aromatic N) is 2. The zero-order chi connectivity index (χ0) is 36.1. The maximum absolute atomic E-state index is 2.53. The van der Waals surface area contributed by atoms with E-state index in [4.69, 9.17) is 0 Å². The number of hydrogen-bond donors (Lipinski definition) is 0. The first kappa shape index (κ1) is 30.3. The Morgan fingerprint density at radius 2 is 0.873 bits per heavy atom. The van der Waals surface area contributed by atoms with Crippen LogP contribution in [0.3, 0.4) is 0 Å². The quantitative estimate of drug-likeness (QED) is 0.174. The van der Waals surface area contributed by atoms with Gasteiger partial charge in [-0.05, 0) is 92.9 Å². The Balaban J connectivity index is 1.28. The fraction of sp³-hybridized carbons (Fsp3) is 0.0189. The molecular weight excluding hydrogens is 665 g/mol. The van der Waals surface area contributed by atoms with Gasteiger partial charge in [0.15, 0.2) is 0 Å². The van der Waals surface area contributed by atoms with Crippen LogP contribution in [-0.4, -0.2) is 4.57 Å². The standard InChI is InChI=1S/C53H34N2/c1-4-17-35(18-5-1)38-23-12-15-29-46(38)55-48-30-16-28-44-51(48)52-49(55)33-31-41-47(54(36-19-6-2-7-20-36)37-21-8-3-9-22-37)34-32-45(50(41)52)53(44)42-26-13-10-24-39(42)40-25-11-14-27-43(40)53/h1-34H. The molecule has 0 amide bonds. The van der Waals surface area contributed by atoms with Crippen LogP contribution in [0, 0.1) is 0 Å². The second-order valence-corrected chi connectivity index (χ2v) is 14.8. The van der Waals surface area contributed by atoms with Gasteiger partial charge in [-0.2, -0.15) is 0 Å². The van der Waals surface area contributed by atoms with Crippen LogP contribution >= 0.6 is 0 Å². The van der Waals surface area contributed by atoms with Crippen molar-refractivity contribution in [3.8, 4) is 27.9 Å². The van der Waals surface area contributed by atoms with Gasteiger partial charge in [-0.3, -0.25) is 0 Å². The van der Waals surface area contributed by atoms with E-state index in [9.17, 15) is 0 Å². The summed E-state index contributed by atoms with van der Waals surface area (Å²) >= 11 is 0. The van der Waals surface area contributed by atoms with Gasteiger partial charge in [0.1, 0.15) is 0 Å². The van der Waals surface area contributed by atoms with Crippen molar-refractivity contribution in [1.29, 1.82) is 0 Å². The highest BCUT2D eigenvalue weighted by Crippen LogP contribution is 2.63. The van der Waals surface area contributed by atoms with E-state index < -0.39 is 5.41 Å². The Labute approximate surface area is 319 Å². The van der Waals surface area contributed by atoms with Crippen molar-refractivity contribution in [3.05, 3.63) is 229 Å². The van der Waals surface area contributed by atoms with Gasteiger partial charge in [-0.15, -0.1) is 0 Å². The molecule has 10 aromatic rings. The van der Waals surface area contributed by atoms with Crippen LogP contribution < -0.4 is 4.90 Å². The first-order chi connectivity index (χ1) is 27.3. The fourth-order valence-corrected chi connectivity index (χ4v) is 10.1. The number of anilines is 3. The zero-order valence-corrected chi connectivity index (χ0v) is 30.0. The summed E-state index contributed by atoms with van der Waals surface area (Å²) in [7, 11) is 0. The Kier molecular flexibility index (Phi) is 6.29. The largest absolute Gasteiger partial charge is 0.310 e. The number of benzene rings is 9. The lowest BCUT2D eigenvalue weighted by molar-refractivity contribution is 0.783. The number of rotatable bonds is 5. The highest BCUT2D eigenvalue weighted by atomic mass is 15.1. The molecule has 12 rings (SSSR count). The maximum Gasteiger partial charge on any atom is 0.0726 e. The lowest BCUT2D eigenvalue weighted by Crippen LogP contribution is -2.30. The van der Waals surface area contributed by atoms with Crippen LogP contribution in [0.25, 0.3) is 60.5 Å². The molecule has 0 unspecified atom stereocenters. The normalized spacial score (nSPS) is 13.2. The van der Waals surface area contributed by atoms with Crippen molar-refractivity contribution in [2.75, 3.05) is 4.90 Å². The van der Waals surface area contributed by atoms with Crippen molar-refractivity contribution in [1.82, 2.24) is 4.57 Å². The van der Waals surface area contributed by atoms with Gasteiger partial charge in [-0.25, -0.2) is 0 Å². The third-order valence-electron chi connectivity index (χ3n) is 12.2. The summed E-state index contributed by atoms with van der Waals surface area (Å²) in [5.41, 5.74) is 17.0. The van der Waals surface area contributed by atoms with Gasteiger partial charge in [0.25, 0.3) is 0 Å². The molecule has 9 aromatic carbocycles. The molecule has 2 aliphatic carbocycles. The molecule has 0 bridgehead atoms. The van der Waals surface area contributed by atoms with Gasteiger partial charge < -0.3 is 9.47 Å². The van der Waals surface area contributed by atoms with E-state index in [1.54, 1.807) is 0 Å². The molecule has 0 N–H and O–H groups in total. The van der Waals surface area contributed by atoms with Crippen molar-refractivity contribution in [2.45, 2.75) is 5.41 Å². The number of para-hydroxylation sites is 3. The molecule has 1 aromatic heterocycles. The minimum absolute atomic E-state index is 0.500. The topological polar surface area (TPSA) is 8.17 Å². The average molecular weight is 699 g/mol. The van der Waals surface area contributed by atoms with E-state index >= 15 is 0 Å². The van der Waals surface area contributed by atoms with Crippen LogP contribution in [0.2, 0.25) is 0 Å². The number of fused-ring (bicyclic) bond motifs is 7. The first-order valence-corrected chi connectivity index (χ1v) is 19.1. The van der Waals surface area contributed by atoms with Crippen LogP contribution in [0.1, 0.15) is 22.3 Å². The van der Waals surface area contributed by atoms with Crippen LogP contribution in [-0.2, 0) is 5.41 Å². The van der Waals surface area contributed by atoms with Crippen LogP contribution in [0.4, 0.5) is 17.1 Å². The van der Waals surface area contributed by atoms with Gasteiger partial charge >= 0.3 is 0 Å². The fourth-order valence-electron chi connectivity index (χ4n) is 10.1. The summed E-state index contributed by atoms with van der Waals surface area (Å²) < 4.78 is 2.53. The molecule has 0 aliphatic heterocycles. The van der Waals surface area contributed by atoms with Gasteiger partial charge in [0.2, 0.25) is 0 Å². The number of aromatic nitrogens is 1. The molecule has 2 nitrogen and oxygen atoms in total. The third kappa shape index (κ3) is 3.98. The number of hydrogen-bond acceptors (Lipinski definition) is 1. The van der Waals surface area contributed by atoms with Crippen LogP contribution in [0.5, 0.6) is 0 Å². The first-order valence-electron chi connectivity index (χ1n) is 19.1. The predicted molar refractivity (Wildman–Crippen MR) is 229 cm³/mol. The SMILES string of the molecule is c1ccc(-c2ccccc2-n2c3cccc4c3c3c5c(ccc(N(c6ccccc6)c6ccccc6)c5ccc32)C42c3ccccc3-c3ccccc32)cc1. The molecule has 2 aliphatic rings. The van der Waals surface area contributed by atoms with Crippen molar-refractivity contribution in [2.24, 2.45) is 0 Å².